The zero-order chi connectivity index (χ0) is 15.7. The summed E-state index contributed by atoms with van der Waals surface area (Å²) in [7, 11) is 0. The predicted octanol–water partition coefficient (Wildman–Crippen LogP) is 0.169. The minimum absolute atomic E-state index is 0.0516. The third-order valence-electron chi connectivity index (χ3n) is 3.38. The molecule has 1 fully saturated rings. The van der Waals surface area contributed by atoms with Crippen molar-refractivity contribution in [3.8, 4) is 0 Å². The molecule has 0 radical (unpaired) electrons. The molecule has 1 aromatic rings. The molecule has 0 atom stereocenters. The summed E-state index contributed by atoms with van der Waals surface area (Å²) in [4.78, 5) is 27.5. The van der Waals surface area contributed by atoms with Gasteiger partial charge in [-0.2, -0.15) is 10.1 Å². The number of aromatic nitrogens is 3. The Morgan fingerprint density at radius 3 is 2.33 bits per heavy atom. The van der Waals surface area contributed by atoms with E-state index in [2.05, 4.69) is 58.8 Å². The fraction of sp³-hybridized carbons (Fsp3) is 0.692. The maximum atomic E-state index is 12.0. The first-order valence-corrected chi connectivity index (χ1v) is 6.93. The molecule has 0 aliphatic carbocycles. The summed E-state index contributed by atoms with van der Waals surface area (Å²) in [6, 6.07) is -0.0516. The van der Waals surface area contributed by atoms with Crippen LogP contribution in [0.5, 0.6) is 0 Å². The van der Waals surface area contributed by atoms with E-state index in [0.29, 0.717) is 0 Å². The number of rotatable bonds is 2. The van der Waals surface area contributed by atoms with Crippen LogP contribution in [-0.2, 0) is 9.59 Å². The molecule has 8 nitrogen and oxygen atoms in total. The number of nitrogens with zero attached hydrogens (tertiary/aromatic N) is 2. The Bertz CT molecular complexity index is 507. The van der Waals surface area contributed by atoms with Crippen LogP contribution in [0.4, 0.5) is 5.95 Å². The van der Waals surface area contributed by atoms with Gasteiger partial charge in [-0.25, -0.2) is 5.10 Å². The van der Waals surface area contributed by atoms with Gasteiger partial charge in [-0.15, -0.1) is 0 Å². The molecule has 0 aromatic carbocycles. The molecule has 0 saturated carbocycles. The average molecular weight is 294 g/mol. The van der Waals surface area contributed by atoms with E-state index < -0.39 is 11.8 Å². The van der Waals surface area contributed by atoms with Crippen molar-refractivity contribution in [1.82, 2.24) is 25.8 Å². The molecule has 1 saturated heterocycles. The van der Waals surface area contributed by atoms with Gasteiger partial charge in [0.15, 0.2) is 0 Å². The molecule has 4 N–H and O–H groups in total. The second-order valence-electron chi connectivity index (χ2n) is 6.76. The van der Waals surface area contributed by atoms with Crippen LogP contribution in [0.25, 0.3) is 0 Å². The number of carbonyl (C=O) groups excluding carboxylic acids is 2. The van der Waals surface area contributed by atoms with Gasteiger partial charge in [0.05, 0.1) is 0 Å². The van der Waals surface area contributed by atoms with Crippen molar-refractivity contribution in [3.05, 3.63) is 6.33 Å². The molecule has 0 unspecified atom stereocenters. The first-order chi connectivity index (χ1) is 9.67. The Morgan fingerprint density at radius 1 is 1.19 bits per heavy atom. The molecule has 21 heavy (non-hydrogen) atoms. The average Bonchev–Trinajstić information content (AvgIpc) is 2.76. The minimum Gasteiger partial charge on any atom is -0.345 e. The normalized spacial score (nSPS) is 20.8. The second-order valence-corrected chi connectivity index (χ2v) is 6.76. The summed E-state index contributed by atoms with van der Waals surface area (Å²) in [6.07, 6.45) is 2.78. The van der Waals surface area contributed by atoms with Gasteiger partial charge < -0.3 is 10.6 Å². The Labute approximate surface area is 123 Å². The lowest BCUT2D eigenvalue weighted by molar-refractivity contribution is -0.137. The number of hydrogen-bond donors (Lipinski definition) is 4. The quantitative estimate of drug-likeness (QED) is 0.581. The number of nitrogens with one attached hydrogen (secondary N) is 4. The Morgan fingerprint density at radius 2 is 1.81 bits per heavy atom. The van der Waals surface area contributed by atoms with E-state index in [4.69, 9.17) is 0 Å². The molecule has 2 amide bonds. The molecule has 2 rings (SSSR count). The SMILES string of the molecule is CC1(C)CC(NC(=O)C(=O)Nc2ncn[nH]2)CC(C)(C)N1. The number of amides is 2. The summed E-state index contributed by atoms with van der Waals surface area (Å²) < 4.78 is 0. The van der Waals surface area contributed by atoms with Gasteiger partial charge in [0, 0.05) is 17.1 Å². The number of H-pyrrole nitrogens is 1. The molecular weight excluding hydrogens is 272 g/mol. The first kappa shape index (κ1) is 15.4. The highest BCUT2D eigenvalue weighted by molar-refractivity contribution is 6.39. The first-order valence-electron chi connectivity index (χ1n) is 6.93. The van der Waals surface area contributed by atoms with Crippen molar-refractivity contribution in [2.24, 2.45) is 0 Å². The smallest absolute Gasteiger partial charge is 0.316 e. The highest BCUT2D eigenvalue weighted by Crippen LogP contribution is 2.28. The van der Waals surface area contributed by atoms with Crippen molar-refractivity contribution in [2.45, 2.75) is 57.7 Å². The molecule has 1 aliphatic rings. The summed E-state index contributed by atoms with van der Waals surface area (Å²) in [5.74, 6) is -1.26. The van der Waals surface area contributed by atoms with Gasteiger partial charge >= 0.3 is 11.8 Å². The number of anilines is 1. The Kier molecular flexibility index (Phi) is 3.99. The van der Waals surface area contributed by atoms with E-state index in [9.17, 15) is 9.59 Å². The number of carbonyl (C=O) groups is 2. The lowest BCUT2D eigenvalue weighted by Crippen LogP contribution is -2.62. The highest BCUT2D eigenvalue weighted by Gasteiger charge is 2.38. The third kappa shape index (κ3) is 4.25. The van der Waals surface area contributed by atoms with Crippen LogP contribution in [0, 0.1) is 0 Å². The van der Waals surface area contributed by atoms with Crippen LogP contribution in [-0.4, -0.2) is 44.1 Å². The van der Waals surface area contributed by atoms with E-state index in [0.717, 1.165) is 12.8 Å². The zero-order valence-electron chi connectivity index (χ0n) is 12.8. The van der Waals surface area contributed by atoms with Crippen molar-refractivity contribution in [2.75, 3.05) is 5.32 Å². The van der Waals surface area contributed by atoms with Gasteiger partial charge in [0.25, 0.3) is 0 Å². The van der Waals surface area contributed by atoms with Gasteiger partial charge in [0.1, 0.15) is 6.33 Å². The molecule has 8 heteroatoms. The van der Waals surface area contributed by atoms with E-state index in [-0.39, 0.29) is 23.1 Å². The van der Waals surface area contributed by atoms with Gasteiger partial charge in [-0.05, 0) is 40.5 Å². The van der Waals surface area contributed by atoms with Crippen molar-refractivity contribution in [1.29, 1.82) is 0 Å². The summed E-state index contributed by atoms with van der Waals surface area (Å²) in [5.41, 5.74) is -0.192. The van der Waals surface area contributed by atoms with Crippen LogP contribution in [0.2, 0.25) is 0 Å². The maximum absolute atomic E-state index is 12.0. The molecular formula is C13H22N6O2. The standard InChI is InChI=1S/C13H22N6O2/c1-12(2)5-8(6-13(3,4)19-12)16-9(20)10(21)17-11-14-7-15-18-11/h7-8,19H,5-6H2,1-4H3,(H,16,20)(H2,14,15,17,18,21). The molecule has 2 heterocycles. The van der Waals surface area contributed by atoms with Crippen LogP contribution in [0.1, 0.15) is 40.5 Å². The van der Waals surface area contributed by atoms with Crippen LogP contribution in [0.3, 0.4) is 0 Å². The van der Waals surface area contributed by atoms with Crippen LogP contribution < -0.4 is 16.0 Å². The predicted molar refractivity (Wildman–Crippen MR) is 77.5 cm³/mol. The molecule has 1 aromatic heterocycles. The fourth-order valence-electron chi connectivity index (χ4n) is 3.11. The summed E-state index contributed by atoms with van der Waals surface area (Å²) in [6.45, 7) is 8.34. The van der Waals surface area contributed by atoms with Crippen molar-refractivity contribution < 1.29 is 9.59 Å². The number of piperidine rings is 1. The van der Waals surface area contributed by atoms with Crippen molar-refractivity contribution in [3.63, 3.8) is 0 Å². The third-order valence-corrected chi connectivity index (χ3v) is 3.38. The Balaban J connectivity index is 1.94. The largest absolute Gasteiger partial charge is 0.345 e. The second kappa shape index (κ2) is 5.44. The summed E-state index contributed by atoms with van der Waals surface area (Å²) >= 11 is 0. The van der Waals surface area contributed by atoms with E-state index in [1.807, 2.05) is 0 Å². The molecule has 1 aliphatic heterocycles. The van der Waals surface area contributed by atoms with Crippen molar-refractivity contribution >= 4 is 17.8 Å². The molecule has 0 bridgehead atoms. The molecule has 116 valence electrons. The van der Waals surface area contributed by atoms with Gasteiger partial charge in [0.2, 0.25) is 5.95 Å². The summed E-state index contributed by atoms with van der Waals surface area (Å²) in [5, 5.41) is 14.7. The highest BCUT2D eigenvalue weighted by atomic mass is 16.2. The van der Waals surface area contributed by atoms with E-state index in [1.54, 1.807) is 0 Å². The Hall–Kier alpha value is -1.96. The topological polar surface area (TPSA) is 112 Å². The van der Waals surface area contributed by atoms with Gasteiger partial charge in [-0.1, -0.05) is 0 Å². The maximum Gasteiger partial charge on any atom is 0.316 e. The lowest BCUT2D eigenvalue weighted by Gasteiger charge is -2.46. The number of aromatic amines is 1. The molecule has 0 spiro atoms. The van der Waals surface area contributed by atoms with Crippen LogP contribution >= 0.6 is 0 Å². The van der Waals surface area contributed by atoms with E-state index >= 15 is 0 Å². The zero-order valence-corrected chi connectivity index (χ0v) is 12.8. The number of hydrogen-bond acceptors (Lipinski definition) is 5. The van der Waals surface area contributed by atoms with Crippen LogP contribution in [0.15, 0.2) is 6.33 Å². The minimum atomic E-state index is -0.749. The fourth-order valence-corrected chi connectivity index (χ4v) is 3.11. The monoisotopic (exact) mass is 294 g/mol. The van der Waals surface area contributed by atoms with Gasteiger partial charge in [-0.3, -0.25) is 14.9 Å². The van der Waals surface area contributed by atoms with E-state index in [1.165, 1.54) is 6.33 Å². The lowest BCUT2D eigenvalue weighted by atomic mass is 9.79.